The van der Waals surface area contributed by atoms with Crippen LogP contribution >= 0.6 is 15.9 Å². The minimum atomic E-state index is -0.464. The van der Waals surface area contributed by atoms with Crippen molar-refractivity contribution in [2.45, 2.75) is 20.0 Å². The molecular formula is C11H15BrO2. The Kier molecular flexibility index (Phi) is 4.42. The van der Waals surface area contributed by atoms with Gasteiger partial charge in [-0.2, -0.15) is 0 Å². The number of hydrogen-bond donors (Lipinski definition) is 1. The van der Waals surface area contributed by atoms with Crippen LogP contribution in [0.4, 0.5) is 0 Å². The largest absolute Gasteiger partial charge is 0.494 e. The quantitative estimate of drug-likeness (QED) is 0.842. The van der Waals surface area contributed by atoms with Crippen molar-refractivity contribution in [1.29, 1.82) is 0 Å². The van der Waals surface area contributed by atoms with Crippen LogP contribution in [-0.4, -0.2) is 17.0 Å². The summed E-state index contributed by atoms with van der Waals surface area (Å²) < 4.78 is 5.40. The highest BCUT2D eigenvalue weighted by atomic mass is 79.9. The van der Waals surface area contributed by atoms with Crippen LogP contribution in [0.15, 0.2) is 18.2 Å². The first-order valence-corrected chi connectivity index (χ1v) is 5.78. The van der Waals surface area contributed by atoms with Gasteiger partial charge in [0.15, 0.2) is 0 Å². The second-order valence-corrected chi connectivity index (χ2v) is 3.83. The van der Waals surface area contributed by atoms with Crippen LogP contribution in [0.1, 0.15) is 24.2 Å². The van der Waals surface area contributed by atoms with Gasteiger partial charge < -0.3 is 9.84 Å². The molecule has 0 radical (unpaired) electrons. The van der Waals surface area contributed by atoms with E-state index in [0.717, 1.165) is 16.9 Å². The van der Waals surface area contributed by atoms with E-state index in [4.69, 9.17) is 4.74 Å². The Hall–Kier alpha value is -0.540. The van der Waals surface area contributed by atoms with Crippen molar-refractivity contribution in [2.75, 3.05) is 11.9 Å². The average molecular weight is 259 g/mol. The third-order valence-corrected chi connectivity index (χ3v) is 2.53. The first-order chi connectivity index (χ1) is 6.67. The third-order valence-electron chi connectivity index (χ3n) is 1.92. The molecule has 1 rings (SSSR count). The normalized spacial score (nSPS) is 12.6. The van der Waals surface area contributed by atoms with Gasteiger partial charge in [0, 0.05) is 5.33 Å². The summed E-state index contributed by atoms with van der Waals surface area (Å²) in [4.78, 5) is 0. The number of benzene rings is 1. The van der Waals surface area contributed by atoms with E-state index in [1.165, 1.54) is 0 Å². The number of halogens is 1. The van der Waals surface area contributed by atoms with Crippen molar-refractivity contribution >= 4 is 15.9 Å². The molecule has 0 fully saturated rings. The van der Waals surface area contributed by atoms with Gasteiger partial charge in [0.25, 0.3) is 0 Å². The lowest BCUT2D eigenvalue weighted by Crippen LogP contribution is -2.00. The molecule has 0 heterocycles. The van der Waals surface area contributed by atoms with E-state index in [2.05, 4.69) is 15.9 Å². The summed E-state index contributed by atoms with van der Waals surface area (Å²) in [6.07, 6.45) is -0.464. The zero-order valence-electron chi connectivity index (χ0n) is 8.46. The van der Waals surface area contributed by atoms with Gasteiger partial charge >= 0.3 is 0 Å². The number of aliphatic hydroxyl groups is 1. The van der Waals surface area contributed by atoms with E-state index in [0.29, 0.717) is 11.9 Å². The van der Waals surface area contributed by atoms with E-state index in [1.807, 2.05) is 32.0 Å². The molecule has 0 saturated carbocycles. The number of aryl methyl sites for hydroxylation is 1. The minimum Gasteiger partial charge on any atom is -0.494 e. The summed E-state index contributed by atoms with van der Waals surface area (Å²) in [6.45, 7) is 4.59. The molecule has 1 N–H and O–H groups in total. The highest BCUT2D eigenvalue weighted by Crippen LogP contribution is 2.22. The molecule has 1 unspecified atom stereocenters. The molecule has 2 nitrogen and oxygen atoms in total. The van der Waals surface area contributed by atoms with Gasteiger partial charge in [0.1, 0.15) is 5.75 Å². The molecule has 3 heteroatoms. The average Bonchev–Trinajstić information content (AvgIpc) is 2.16. The van der Waals surface area contributed by atoms with E-state index in [1.54, 1.807) is 0 Å². The van der Waals surface area contributed by atoms with Crippen molar-refractivity contribution in [1.82, 2.24) is 0 Å². The maximum atomic E-state index is 9.64. The van der Waals surface area contributed by atoms with Crippen molar-refractivity contribution in [3.63, 3.8) is 0 Å². The fourth-order valence-electron chi connectivity index (χ4n) is 1.31. The lowest BCUT2D eigenvalue weighted by Gasteiger charge is -2.11. The molecule has 0 spiro atoms. The fourth-order valence-corrected chi connectivity index (χ4v) is 1.68. The number of ether oxygens (including phenoxy) is 1. The third kappa shape index (κ3) is 3.00. The molecule has 0 amide bonds. The smallest absolute Gasteiger partial charge is 0.119 e. The van der Waals surface area contributed by atoms with Crippen LogP contribution in [0, 0.1) is 6.92 Å². The summed E-state index contributed by atoms with van der Waals surface area (Å²) in [6, 6.07) is 5.81. The van der Waals surface area contributed by atoms with Crippen molar-refractivity contribution in [3.05, 3.63) is 29.3 Å². The summed E-state index contributed by atoms with van der Waals surface area (Å²) in [7, 11) is 0. The SMILES string of the molecule is CCOc1cc(C)cc(C(O)CBr)c1. The van der Waals surface area contributed by atoms with E-state index in [-0.39, 0.29) is 0 Å². The highest BCUT2D eigenvalue weighted by molar-refractivity contribution is 9.09. The van der Waals surface area contributed by atoms with Gasteiger partial charge in [0.2, 0.25) is 0 Å². The van der Waals surface area contributed by atoms with Crippen molar-refractivity contribution in [2.24, 2.45) is 0 Å². The lowest BCUT2D eigenvalue weighted by atomic mass is 10.1. The molecule has 0 saturated heterocycles. The van der Waals surface area contributed by atoms with Crippen LogP contribution in [0.3, 0.4) is 0 Å². The monoisotopic (exact) mass is 258 g/mol. The van der Waals surface area contributed by atoms with Crippen LogP contribution < -0.4 is 4.74 Å². The molecule has 78 valence electrons. The first-order valence-electron chi connectivity index (χ1n) is 4.65. The Balaban J connectivity index is 2.94. The van der Waals surface area contributed by atoms with Gasteiger partial charge in [-0.25, -0.2) is 0 Å². The van der Waals surface area contributed by atoms with Crippen LogP contribution in [-0.2, 0) is 0 Å². The lowest BCUT2D eigenvalue weighted by molar-refractivity contribution is 0.204. The summed E-state index contributed by atoms with van der Waals surface area (Å²) in [5.74, 6) is 0.822. The Morgan fingerprint density at radius 3 is 2.71 bits per heavy atom. The molecule has 0 aromatic heterocycles. The van der Waals surface area contributed by atoms with Crippen molar-refractivity contribution < 1.29 is 9.84 Å². The zero-order chi connectivity index (χ0) is 10.6. The molecule has 1 atom stereocenters. The van der Waals surface area contributed by atoms with Gasteiger partial charge in [-0.1, -0.05) is 22.0 Å². The van der Waals surface area contributed by atoms with E-state index in [9.17, 15) is 5.11 Å². The number of aliphatic hydroxyl groups excluding tert-OH is 1. The molecule has 14 heavy (non-hydrogen) atoms. The number of hydrogen-bond acceptors (Lipinski definition) is 2. The second kappa shape index (κ2) is 5.37. The second-order valence-electron chi connectivity index (χ2n) is 3.18. The fraction of sp³-hybridized carbons (Fsp3) is 0.455. The van der Waals surface area contributed by atoms with Crippen LogP contribution in [0.5, 0.6) is 5.75 Å². The van der Waals surface area contributed by atoms with Crippen LogP contribution in [0.2, 0.25) is 0 Å². The molecule has 0 aliphatic heterocycles. The molecule has 1 aromatic carbocycles. The van der Waals surface area contributed by atoms with E-state index < -0.39 is 6.10 Å². The maximum Gasteiger partial charge on any atom is 0.119 e. The van der Waals surface area contributed by atoms with E-state index >= 15 is 0 Å². The maximum absolute atomic E-state index is 9.64. The topological polar surface area (TPSA) is 29.5 Å². The Morgan fingerprint density at radius 2 is 2.14 bits per heavy atom. The summed E-state index contributed by atoms with van der Waals surface area (Å²) in [5.41, 5.74) is 2.00. The van der Waals surface area contributed by atoms with Gasteiger partial charge in [-0.05, 0) is 37.1 Å². The predicted octanol–water partition coefficient (Wildman–Crippen LogP) is 2.82. The highest BCUT2D eigenvalue weighted by Gasteiger charge is 2.07. The summed E-state index contributed by atoms with van der Waals surface area (Å²) >= 11 is 3.25. The minimum absolute atomic E-state index is 0.464. The van der Waals surface area contributed by atoms with Gasteiger partial charge in [0.05, 0.1) is 12.7 Å². The zero-order valence-corrected chi connectivity index (χ0v) is 10.0. The number of alkyl halides is 1. The Bertz CT molecular complexity index is 299. The molecule has 0 aliphatic rings. The Labute approximate surface area is 93.0 Å². The molecule has 1 aromatic rings. The summed E-state index contributed by atoms with van der Waals surface area (Å²) in [5, 5.41) is 10.2. The van der Waals surface area contributed by atoms with Crippen LogP contribution in [0.25, 0.3) is 0 Å². The first kappa shape index (κ1) is 11.5. The molecule has 0 bridgehead atoms. The van der Waals surface area contributed by atoms with Crippen molar-refractivity contribution in [3.8, 4) is 5.75 Å². The number of rotatable bonds is 4. The Morgan fingerprint density at radius 1 is 1.43 bits per heavy atom. The standard InChI is InChI=1S/C11H15BrO2/c1-3-14-10-5-8(2)4-9(6-10)11(13)7-12/h4-6,11,13H,3,7H2,1-2H3. The molecule has 0 aliphatic carbocycles. The van der Waals surface area contributed by atoms with Gasteiger partial charge in [-0.3, -0.25) is 0 Å². The van der Waals surface area contributed by atoms with Gasteiger partial charge in [-0.15, -0.1) is 0 Å². The predicted molar refractivity (Wildman–Crippen MR) is 61.1 cm³/mol. The molecular weight excluding hydrogens is 244 g/mol.